The van der Waals surface area contributed by atoms with Gasteiger partial charge in [0.1, 0.15) is 0 Å². The first-order valence-electron chi connectivity index (χ1n) is 10.1. The second kappa shape index (κ2) is 10.3. The lowest BCUT2D eigenvalue weighted by Crippen LogP contribution is -2.16. The summed E-state index contributed by atoms with van der Waals surface area (Å²) in [5, 5.41) is 2.81. The van der Waals surface area contributed by atoms with Crippen LogP contribution in [0.25, 0.3) is 0 Å². The van der Waals surface area contributed by atoms with Crippen molar-refractivity contribution < 1.29 is 0 Å². The fourth-order valence-electron chi connectivity index (χ4n) is 3.29. The monoisotopic (exact) mass is 400 g/mol. The average molecular weight is 401 g/mol. The van der Waals surface area contributed by atoms with Crippen molar-refractivity contribution in [2.75, 3.05) is 12.7 Å². The van der Waals surface area contributed by atoms with Crippen molar-refractivity contribution in [2.24, 2.45) is 9.98 Å². The quantitative estimate of drug-likeness (QED) is 0.344. The maximum atomic E-state index is 4.87. The van der Waals surface area contributed by atoms with Crippen molar-refractivity contribution in [1.82, 2.24) is 0 Å². The van der Waals surface area contributed by atoms with Crippen molar-refractivity contribution in [3.05, 3.63) is 90.0 Å². The molecule has 3 rings (SSSR count). The lowest BCUT2D eigenvalue weighted by Gasteiger charge is -2.18. The highest BCUT2D eigenvalue weighted by Crippen LogP contribution is 2.33. The van der Waals surface area contributed by atoms with Gasteiger partial charge in [0.2, 0.25) is 0 Å². The molecular formula is C26H29N2P. The second-order valence-electron chi connectivity index (χ2n) is 7.23. The molecule has 0 aliphatic rings. The molecule has 29 heavy (non-hydrogen) atoms. The van der Waals surface area contributed by atoms with E-state index in [1.807, 2.05) is 0 Å². The standard InChI is InChI=1S/C26H29N2P/c1-20-12-11-13-21(2)26(20)28-23(4)22(3)27-18-19-29(24-14-7-5-8-15-24)25-16-9-6-10-17-25/h5-17H,18-19H2,1-4H3/b27-22+,28-23+. The van der Waals surface area contributed by atoms with Crippen LogP contribution in [0, 0.1) is 13.8 Å². The molecule has 3 heteroatoms. The molecule has 0 N–H and O–H groups in total. The van der Waals surface area contributed by atoms with Crippen molar-refractivity contribution in [3.63, 3.8) is 0 Å². The van der Waals surface area contributed by atoms with Crippen molar-refractivity contribution >= 4 is 35.6 Å². The van der Waals surface area contributed by atoms with Crippen LogP contribution in [0.2, 0.25) is 0 Å². The smallest absolute Gasteiger partial charge is 0.0691 e. The Morgan fingerprint density at radius 1 is 0.690 bits per heavy atom. The van der Waals surface area contributed by atoms with E-state index in [4.69, 9.17) is 9.98 Å². The van der Waals surface area contributed by atoms with Gasteiger partial charge in [0.25, 0.3) is 0 Å². The average Bonchev–Trinajstić information content (AvgIpc) is 2.75. The fraction of sp³-hybridized carbons (Fsp3) is 0.231. The van der Waals surface area contributed by atoms with Gasteiger partial charge < -0.3 is 0 Å². The van der Waals surface area contributed by atoms with Crippen LogP contribution in [0.1, 0.15) is 25.0 Å². The van der Waals surface area contributed by atoms with Gasteiger partial charge in [-0.05, 0) is 63.5 Å². The SMILES string of the molecule is CC(=N\CCP(c1ccccc1)c1ccccc1)/C(C)=N/c1c(C)cccc1C. The first kappa shape index (κ1) is 21.1. The summed E-state index contributed by atoms with van der Waals surface area (Å²) in [5.41, 5.74) is 5.48. The van der Waals surface area contributed by atoms with Gasteiger partial charge in [-0.1, -0.05) is 78.9 Å². The molecular weight excluding hydrogens is 371 g/mol. The predicted molar refractivity (Wildman–Crippen MR) is 131 cm³/mol. The van der Waals surface area contributed by atoms with Gasteiger partial charge >= 0.3 is 0 Å². The van der Waals surface area contributed by atoms with Crippen LogP contribution < -0.4 is 10.6 Å². The van der Waals surface area contributed by atoms with Crippen molar-refractivity contribution in [1.29, 1.82) is 0 Å². The highest BCUT2D eigenvalue weighted by atomic mass is 31.1. The van der Waals surface area contributed by atoms with Crippen LogP contribution in [0.3, 0.4) is 0 Å². The Hall–Kier alpha value is -2.57. The Kier molecular flexibility index (Phi) is 7.49. The molecule has 0 radical (unpaired) electrons. The molecule has 0 spiro atoms. The number of hydrogen-bond acceptors (Lipinski definition) is 2. The Morgan fingerprint density at radius 3 is 1.72 bits per heavy atom. The molecule has 0 aliphatic carbocycles. The van der Waals surface area contributed by atoms with Gasteiger partial charge in [-0.2, -0.15) is 0 Å². The first-order chi connectivity index (χ1) is 14.1. The summed E-state index contributed by atoms with van der Waals surface area (Å²) in [5.74, 6) is 0. The minimum Gasteiger partial charge on any atom is -0.288 e. The molecule has 0 bridgehead atoms. The number of benzene rings is 3. The Morgan fingerprint density at radius 2 is 1.21 bits per heavy atom. The number of hydrogen-bond donors (Lipinski definition) is 0. The zero-order valence-corrected chi connectivity index (χ0v) is 18.7. The third-order valence-electron chi connectivity index (χ3n) is 5.05. The van der Waals surface area contributed by atoms with Gasteiger partial charge in [0.15, 0.2) is 0 Å². The fourth-order valence-corrected chi connectivity index (χ4v) is 5.46. The van der Waals surface area contributed by atoms with Gasteiger partial charge in [-0.15, -0.1) is 0 Å². The zero-order chi connectivity index (χ0) is 20.6. The number of nitrogens with zero attached hydrogens (tertiary/aromatic N) is 2. The number of aryl methyl sites for hydroxylation is 2. The lowest BCUT2D eigenvalue weighted by molar-refractivity contribution is 1.14. The maximum absolute atomic E-state index is 4.87. The Bertz CT molecular complexity index is 932. The van der Waals surface area contributed by atoms with Crippen LogP contribution >= 0.6 is 7.92 Å². The summed E-state index contributed by atoms with van der Waals surface area (Å²) in [4.78, 5) is 9.74. The van der Waals surface area contributed by atoms with Crippen LogP contribution in [0.4, 0.5) is 5.69 Å². The van der Waals surface area contributed by atoms with E-state index in [9.17, 15) is 0 Å². The van der Waals surface area contributed by atoms with Crippen LogP contribution in [0.15, 0.2) is 88.8 Å². The Balaban J connectivity index is 1.76. The molecule has 0 saturated heterocycles. The largest absolute Gasteiger partial charge is 0.288 e. The van der Waals surface area contributed by atoms with E-state index in [2.05, 4.69) is 107 Å². The zero-order valence-electron chi connectivity index (χ0n) is 17.8. The van der Waals surface area contributed by atoms with E-state index in [1.54, 1.807) is 0 Å². The molecule has 0 unspecified atom stereocenters. The highest BCUT2D eigenvalue weighted by Gasteiger charge is 2.13. The van der Waals surface area contributed by atoms with Crippen LogP contribution in [-0.2, 0) is 0 Å². The van der Waals surface area contributed by atoms with Gasteiger partial charge in [-0.25, -0.2) is 0 Å². The molecule has 0 amide bonds. The summed E-state index contributed by atoms with van der Waals surface area (Å²) in [6.07, 6.45) is 1.04. The Labute approximate surface area is 176 Å². The molecule has 2 nitrogen and oxygen atoms in total. The molecule has 0 heterocycles. The van der Waals surface area contributed by atoms with Crippen LogP contribution in [0.5, 0.6) is 0 Å². The summed E-state index contributed by atoms with van der Waals surface area (Å²) in [6, 6.07) is 27.9. The van der Waals surface area contributed by atoms with E-state index in [0.717, 1.165) is 29.8 Å². The van der Waals surface area contributed by atoms with E-state index in [1.165, 1.54) is 21.7 Å². The molecule has 0 aromatic heterocycles. The molecule has 148 valence electrons. The maximum Gasteiger partial charge on any atom is 0.0691 e. The summed E-state index contributed by atoms with van der Waals surface area (Å²) in [7, 11) is -0.406. The van der Waals surface area contributed by atoms with Crippen LogP contribution in [-0.4, -0.2) is 24.1 Å². The van der Waals surface area contributed by atoms with E-state index in [-0.39, 0.29) is 0 Å². The molecule has 0 saturated carbocycles. The molecule has 0 atom stereocenters. The van der Waals surface area contributed by atoms with Gasteiger partial charge in [0.05, 0.1) is 17.1 Å². The molecule has 0 fully saturated rings. The second-order valence-corrected chi connectivity index (χ2v) is 9.56. The number of para-hydroxylation sites is 1. The highest BCUT2D eigenvalue weighted by molar-refractivity contribution is 7.73. The molecule has 3 aromatic carbocycles. The van der Waals surface area contributed by atoms with E-state index < -0.39 is 7.92 Å². The lowest BCUT2D eigenvalue weighted by atomic mass is 10.1. The van der Waals surface area contributed by atoms with Crippen molar-refractivity contribution in [2.45, 2.75) is 27.7 Å². The first-order valence-corrected chi connectivity index (χ1v) is 11.6. The third kappa shape index (κ3) is 5.71. The van der Waals surface area contributed by atoms with Gasteiger partial charge in [-0.3, -0.25) is 9.98 Å². The molecule has 0 aliphatic heterocycles. The van der Waals surface area contributed by atoms with Gasteiger partial charge in [0, 0.05) is 6.54 Å². The summed E-state index contributed by atoms with van der Waals surface area (Å²) >= 11 is 0. The minimum atomic E-state index is -0.406. The normalized spacial score (nSPS) is 12.4. The number of rotatable bonds is 7. The van der Waals surface area contributed by atoms with E-state index in [0.29, 0.717) is 0 Å². The minimum absolute atomic E-state index is 0.406. The molecule has 3 aromatic rings. The van der Waals surface area contributed by atoms with Crippen molar-refractivity contribution in [3.8, 4) is 0 Å². The number of aliphatic imine (C=N–C) groups is 2. The predicted octanol–water partition coefficient (Wildman–Crippen LogP) is 5.99. The summed E-state index contributed by atoms with van der Waals surface area (Å²) < 4.78 is 0. The van der Waals surface area contributed by atoms with E-state index >= 15 is 0 Å². The topological polar surface area (TPSA) is 24.7 Å². The third-order valence-corrected chi connectivity index (χ3v) is 7.54. The summed E-state index contributed by atoms with van der Waals surface area (Å²) in [6.45, 7) is 9.15.